The van der Waals surface area contributed by atoms with Gasteiger partial charge in [-0.15, -0.1) is 11.8 Å². The summed E-state index contributed by atoms with van der Waals surface area (Å²) in [5.74, 6) is 0.0587. The molecule has 1 heterocycles. The number of carbonyl (C=O) groups is 1. The summed E-state index contributed by atoms with van der Waals surface area (Å²) in [6.45, 7) is 1.30. The van der Waals surface area contributed by atoms with Gasteiger partial charge in [0.2, 0.25) is 0 Å². The molecule has 2 rings (SSSR count). The second kappa shape index (κ2) is 6.67. The number of amides is 1. The van der Waals surface area contributed by atoms with Crippen molar-refractivity contribution in [3.8, 4) is 6.07 Å². The van der Waals surface area contributed by atoms with Crippen molar-refractivity contribution >= 4 is 56.2 Å². The number of nitriles is 1. The van der Waals surface area contributed by atoms with Crippen LogP contribution in [-0.4, -0.2) is 34.9 Å². The third-order valence-corrected chi connectivity index (χ3v) is 6.33. The maximum absolute atomic E-state index is 12.6. The van der Waals surface area contributed by atoms with Gasteiger partial charge in [0, 0.05) is 21.1 Å². The van der Waals surface area contributed by atoms with E-state index in [4.69, 9.17) is 0 Å². The van der Waals surface area contributed by atoms with E-state index in [1.54, 1.807) is 11.8 Å². The lowest BCUT2D eigenvalue weighted by atomic mass is 9.96. The number of hydrogen-bond acceptors (Lipinski definition) is 3. The Morgan fingerprint density at radius 3 is 2.70 bits per heavy atom. The lowest BCUT2D eigenvalue weighted by Gasteiger charge is -2.36. The predicted molar refractivity (Wildman–Crippen MR) is 93.9 cm³/mol. The third-order valence-electron chi connectivity index (χ3n) is 3.61. The van der Waals surface area contributed by atoms with Crippen LogP contribution in [0.4, 0.5) is 0 Å². The standard InChI is InChI=1S/C14H14BrIN2OS/c1-20-14(9-17)4-6-18(7-5-14)13(19)11-8-10(15)2-3-12(11)16/h2-3,8H,4-7H2,1H3. The first-order valence-electron chi connectivity index (χ1n) is 6.22. The molecule has 0 bridgehead atoms. The van der Waals surface area contributed by atoms with Crippen LogP contribution >= 0.6 is 50.3 Å². The molecule has 3 nitrogen and oxygen atoms in total. The fourth-order valence-corrected chi connectivity index (χ4v) is 3.87. The van der Waals surface area contributed by atoms with Crippen molar-refractivity contribution < 1.29 is 4.79 Å². The summed E-state index contributed by atoms with van der Waals surface area (Å²) in [6, 6.07) is 8.14. The maximum atomic E-state index is 12.6. The van der Waals surface area contributed by atoms with Crippen molar-refractivity contribution in [2.24, 2.45) is 0 Å². The fraction of sp³-hybridized carbons (Fsp3) is 0.429. The zero-order valence-corrected chi connectivity index (χ0v) is 15.6. The van der Waals surface area contributed by atoms with Crippen LogP contribution in [0.2, 0.25) is 0 Å². The molecule has 20 heavy (non-hydrogen) atoms. The average molecular weight is 465 g/mol. The zero-order chi connectivity index (χ0) is 14.8. The SMILES string of the molecule is CSC1(C#N)CCN(C(=O)c2cc(Br)ccc2I)CC1. The lowest BCUT2D eigenvalue weighted by Crippen LogP contribution is -2.44. The van der Waals surface area contributed by atoms with Crippen LogP contribution in [-0.2, 0) is 0 Å². The molecule has 0 spiro atoms. The number of thioether (sulfide) groups is 1. The fourth-order valence-electron chi connectivity index (χ4n) is 2.26. The van der Waals surface area contributed by atoms with Gasteiger partial charge in [-0.2, -0.15) is 5.26 Å². The van der Waals surface area contributed by atoms with Crippen LogP contribution in [0.5, 0.6) is 0 Å². The normalized spacial score (nSPS) is 17.6. The van der Waals surface area contributed by atoms with E-state index in [1.807, 2.05) is 29.4 Å². The van der Waals surface area contributed by atoms with Gasteiger partial charge < -0.3 is 4.90 Å². The molecule has 0 unspecified atom stereocenters. The Morgan fingerprint density at radius 2 is 2.15 bits per heavy atom. The van der Waals surface area contributed by atoms with Gasteiger partial charge >= 0.3 is 0 Å². The number of rotatable bonds is 2. The summed E-state index contributed by atoms with van der Waals surface area (Å²) in [5.41, 5.74) is 0.730. The molecule has 0 saturated carbocycles. The van der Waals surface area contributed by atoms with Gasteiger partial charge in [-0.3, -0.25) is 4.79 Å². The van der Waals surface area contributed by atoms with Crippen LogP contribution in [0.15, 0.2) is 22.7 Å². The van der Waals surface area contributed by atoms with E-state index >= 15 is 0 Å². The van der Waals surface area contributed by atoms with Gasteiger partial charge in [0.15, 0.2) is 0 Å². The van der Waals surface area contributed by atoms with Crippen molar-refractivity contribution in [2.45, 2.75) is 17.6 Å². The minimum Gasteiger partial charge on any atom is -0.338 e. The van der Waals surface area contributed by atoms with Crippen LogP contribution in [0.25, 0.3) is 0 Å². The van der Waals surface area contributed by atoms with Gasteiger partial charge in [0.1, 0.15) is 4.75 Å². The molecule has 1 amide bonds. The van der Waals surface area contributed by atoms with Crippen molar-refractivity contribution in [3.05, 3.63) is 31.8 Å². The molecule has 1 fully saturated rings. The van der Waals surface area contributed by atoms with Crippen LogP contribution in [0.3, 0.4) is 0 Å². The maximum Gasteiger partial charge on any atom is 0.254 e. The molecule has 1 aromatic rings. The molecular formula is C14H14BrIN2OS. The highest BCUT2D eigenvalue weighted by atomic mass is 127. The number of likely N-dealkylation sites (tertiary alicyclic amines) is 1. The van der Waals surface area contributed by atoms with Crippen molar-refractivity contribution in [1.82, 2.24) is 4.90 Å². The number of piperidine rings is 1. The molecule has 0 radical (unpaired) electrons. The molecule has 1 aromatic carbocycles. The van der Waals surface area contributed by atoms with Gasteiger partial charge in [0.25, 0.3) is 5.91 Å². The number of nitrogens with zero attached hydrogens (tertiary/aromatic N) is 2. The van der Waals surface area contributed by atoms with E-state index in [1.165, 1.54) is 0 Å². The topological polar surface area (TPSA) is 44.1 Å². The molecule has 1 aliphatic heterocycles. The number of hydrogen-bond donors (Lipinski definition) is 0. The summed E-state index contributed by atoms with van der Waals surface area (Å²) in [4.78, 5) is 14.4. The molecule has 0 aromatic heterocycles. The van der Waals surface area contributed by atoms with E-state index in [-0.39, 0.29) is 10.7 Å². The third kappa shape index (κ3) is 3.31. The summed E-state index contributed by atoms with van der Waals surface area (Å²) >= 11 is 7.19. The van der Waals surface area contributed by atoms with E-state index in [0.29, 0.717) is 13.1 Å². The number of benzene rings is 1. The van der Waals surface area contributed by atoms with Crippen molar-refractivity contribution in [3.63, 3.8) is 0 Å². The van der Waals surface area contributed by atoms with Crippen LogP contribution < -0.4 is 0 Å². The molecule has 0 aliphatic carbocycles. The Kier molecular flexibility index (Phi) is 5.37. The highest BCUT2D eigenvalue weighted by molar-refractivity contribution is 14.1. The van der Waals surface area contributed by atoms with Crippen molar-refractivity contribution in [2.75, 3.05) is 19.3 Å². The van der Waals surface area contributed by atoms with Gasteiger partial charge in [0.05, 0.1) is 11.6 Å². The van der Waals surface area contributed by atoms with Gasteiger partial charge in [-0.1, -0.05) is 15.9 Å². The minimum atomic E-state index is -0.318. The van der Waals surface area contributed by atoms with E-state index in [9.17, 15) is 10.1 Å². The Balaban J connectivity index is 2.13. The molecular weight excluding hydrogens is 451 g/mol. The second-order valence-corrected chi connectivity index (χ2v) is 7.99. The minimum absolute atomic E-state index is 0.0587. The second-order valence-electron chi connectivity index (χ2n) is 4.73. The van der Waals surface area contributed by atoms with E-state index in [2.05, 4.69) is 44.6 Å². The lowest BCUT2D eigenvalue weighted by molar-refractivity contribution is 0.0715. The van der Waals surface area contributed by atoms with Crippen LogP contribution in [0.1, 0.15) is 23.2 Å². The highest BCUT2D eigenvalue weighted by Crippen LogP contribution is 2.34. The Bertz CT molecular complexity index is 565. The van der Waals surface area contributed by atoms with E-state index in [0.717, 1.165) is 26.4 Å². The van der Waals surface area contributed by atoms with Gasteiger partial charge in [-0.25, -0.2) is 0 Å². The quantitative estimate of drug-likeness (QED) is 0.623. The first kappa shape index (κ1) is 16.1. The number of carbonyl (C=O) groups excluding carboxylic acids is 1. The zero-order valence-electron chi connectivity index (χ0n) is 11.0. The first-order valence-corrected chi connectivity index (χ1v) is 9.32. The molecule has 1 saturated heterocycles. The molecule has 6 heteroatoms. The summed E-state index contributed by atoms with van der Waals surface area (Å²) in [7, 11) is 0. The molecule has 106 valence electrons. The summed E-state index contributed by atoms with van der Waals surface area (Å²) in [5, 5.41) is 9.28. The molecule has 1 aliphatic rings. The summed E-state index contributed by atoms with van der Waals surface area (Å²) < 4.78 is 1.55. The Hall–Kier alpha value is -0.260. The largest absolute Gasteiger partial charge is 0.338 e. The first-order chi connectivity index (χ1) is 9.51. The molecule has 0 atom stereocenters. The average Bonchev–Trinajstić information content (AvgIpc) is 2.49. The monoisotopic (exact) mass is 464 g/mol. The van der Waals surface area contributed by atoms with Crippen molar-refractivity contribution in [1.29, 1.82) is 5.26 Å². The number of halogens is 2. The van der Waals surface area contributed by atoms with E-state index < -0.39 is 0 Å². The predicted octanol–water partition coefficient (Wildman–Crippen LogP) is 3.92. The van der Waals surface area contributed by atoms with Gasteiger partial charge in [-0.05, 0) is 59.9 Å². The Labute approximate surface area is 145 Å². The smallest absolute Gasteiger partial charge is 0.254 e. The highest BCUT2D eigenvalue weighted by Gasteiger charge is 2.35. The Morgan fingerprint density at radius 1 is 1.50 bits per heavy atom. The summed E-state index contributed by atoms with van der Waals surface area (Å²) in [6.07, 6.45) is 3.44. The molecule has 0 N–H and O–H groups in total. The van der Waals surface area contributed by atoms with Crippen LogP contribution in [0, 0.1) is 14.9 Å².